The van der Waals surface area contributed by atoms with Crippen molar-refractivity contribution in [3.05, 3.63) is 54.0 Å². The van der Waals surface area contributed by atoms with Crippen molar-refractivity contribution < 1.29 is 22.4 Å². The highest BCUT2D eigenvalue weighted by atomic mass is 32.2. The van der Waals surface area contributed by atoms with Crippen LogP contribution in [0.25, 0.3) is 0 Å². The molecule has 10 heteroatoms. The smallest absolute Gasteiger partial charge is 0.248 e. The number of rotatable bonds is 8. The maximum Gasteiger partial charge on any atom is 0.248 e. The molecule has 0 spiro atoms. The molecule has 2 aliphatic rings. The van der Waals surface area contributed by atoms with Crippen molar-refractivity contribution in [2.24, 2.45) is 11.7 Å². The standard InChI is InChI=1S/C24H32N4O5S/c25-23(29)18-6-8-20(9-7-18)34(31,32)28-14-10-19(11-15-28)24(30)26-17-21(22-5-4-16-33-22)27-12-2-1-3-13-27/h4-9,16,19,21H,1-3,10-15,17H2,(H2,25,29)(H,26,30)/t21-/m0/s1. The summed E-state index contributed by atoms with van der Waals surface area (Å²) in [5.41, 5.74) is 5.48. The minimum absolute atomic E-state index is 0.00286. The number of sulfonamides is 1. The number of hydrogen-bond donors (Lipinski definition) is 2. The van der Waals surface area contributed by atoms with Crippen LogP contribution in [0.1, 0.15) is 54.3 Å². The van der Waals surface area contributed by atoms with Gasteiger partial charge >= 0.3 is 0 Å². The van der Waals surface area contributed by atoms with Gasteiger partial charge in [0.25, 0.3) is 0 Å². The number of carbonyl (C=O) groups excluding carboxylic acids is 2. The van der Waals surface area contributed by atoms with E-state index < -0.39 is 15.9 Å². The van der Waals surface area contributed by atoms with Gasteiger partial charge in [-0.3, -0.25) is 14.5 Å². The Bertz CT molecular complexity index is 1070. The predicted molar refractivity (Wildman–Crippen MR) is 126 cm³/mol. The van der Waals surface area contributed by atoms with E-state index in [0.717, 1.165) is 31.7 Å². The third kappa shape index (κ3) is 5.51. The second kappa shape index (κ2) is 10.7. The zero-order chi connectivity index (χ0) is 24.1. The van der Waals surface area contributed by atoms with Crippen LogP contribution in [-0.2, 0) is 14.8 Å². The lowest BCUT2D eigenvalue weighted by Gasteiger charge is -2.34. The number of nitrogens with zero attached hydrogens (tertiary/aromatic N) is 2. The largest absolute Gasteiger partial charge is 0.468 e. The highest BCUT2D eigenvalue weighted by Crippen LogP contribution is 2.26. The van der Waals surface area contributed by atoms with E-state index in [4.69, 9.17) is 10.2 Å². The molecule has 2 aliphatic heterocycles. The molecule has 3 heterocycles. The van der Waals surface area contributed by atoms with Gasteiger partial charge in [0.05, 0.1) is 17.2 Å². The molecular weight excluding hydrogens is 456 g/mol. The van der Waals surface area contributed by atoms with Crippen LogP contribution in [0, 0.1) is 5.92 Å². The summed E-state index contributed by atoms with van der Waals surface area (Å²) in [4.78, 5) is 26.6. The molecule has 1 atom stereocenters. The quantitative estimate of drug-likeness (QED) is 0.586. The molecule has 2 saturated heterocycles. The third-order valence-electron chi connectivity index (χ3n) is 6.77. The Hall–Kier alpha value is -2.69. The van der Waals surface area contributed by atoms with Gasteiger partial charge < -0.3 is 15.5 Å². The number of benzene rings is 1. The van der Waals surface area contributed by atoms with Crippen LogP contribution < -0.4 is 11.1 Å². The minimum Gasteiger partial charge on any atom is -0.468 e. The average Bonchev–Trinajstić information content (AvgIpc) is 3.39. The molecular formula is C24H32N4O5S. The van der Waals surface area contributed by atoms with Crippen molar-refractivity contribution in [2.75, 3.05) is 32.7 Å². The number of carbonyl (C=O) groups is 2. The SMILES string of the molecule is NC(=O)c1ccc(S(=O)(=O)N2CCC(C(=O)NC[C@@H](c3ccco3)N3CCCCC3)CC2)cc1. The van der Waals surface area contributed by atoms with Gasteiger partial charge in [-0.25, -0.2) is 8.42 Å². The molecule has 2 amide bonds. The molecule has 0 unspecified atom stereocenters. The molecule has 4 rings (SSSR count). The highest BCUT2D eigenvalue weighted by Gasteiger charge is 2.33. The molecule has 1 aromatic carbocycles. The van der Waals surface area contributed by atoms with Gasteiger partial charge in [-0.15, -0.1) is 0 Å². The zero-order valence-electron chi connectivity index (χ0n) is 19.2. The Balaban J connectivity index is 1.32. The van der Waals surface area contributed by atoms with E-state index in [1.807, 2.05) is 12.1 Å². The Morgan fingerprint density at radius 3 is 2.29 bits per heavy atom. The molecule has 184 valence electrons. The fourth-order valence-corrected chi connectivity index (χ4v) is 6.23. The summed E-state index contributed by atoms with van der Waals surface area (Å²) in [5.74, 6) is -0.0328. The van der Waals surface area contributed by atoms with Crippen LogP contribution in [-0.4, -0.2) is 62.2 Å². The molecule has 9 nitrogen and oxygen atoms in total. The van der Waals surface area contributed by atoms with Gasteiger partial charge in [0.1, 0.15) is 5.76 Å². The lowest BCUT2D eigenvalue weighted by Crippen LogP contribution is -2.45. The van der Waals surface area contributed by atoms with Crippen molar-refractivity contribution in [1.82, 2.24) is 14.5 Å². The Morgan fingerprint density at radius 1 is 1.03 bits per heavy atom. The summed E-state index contributed by atoms with van der Waals surface area (Å²) in [6.45, 7) is 2.98. The lowest BCUT2D eigenvalue weighted by atomic mass is 9.97. The molecule has 1 aromatic heterocycles. The molecule has 2 aromatic rings. The number of hydrogen-bond acceptors (Lipinski definition) is 6. The number of nitrogens with two attached hydrogens (primary N) is 1. The number of likely N-dealkylation sites (tertiary alicyclic amines) is 1. The van der Waals surface area contributed by atoms with Gasteiger partial charge in [-0.1, -0.05) is 6.42 Å². The van der Waals surface area contributed by atoms with Gasteiger partial charge in [0.2, 0.25) is 21.8 Å². The van der Waals surface area contributed by atoms with Crippen molar-refractivity contribution in [3.8, 4) is 0 Å². The zero-order valence-corrected chi connectivity index (χ0v) is 20.0. The van der Waals surface area contributed by atoms with E-state index in [0.29, 0.717) is 19.4 Å². The predicted octanol–water partition coefficient (Wildman–Crippen LogP) is 2.12. The van der Waals surface area contributed by atoms with E-state index in [2.05, 4.69) is 10.2 Å². The monoisotopic (exact) mass is 488 g/mol. The summed E-state index contributed by atoms with van der Waals surface area (Å²) < 4.78 is 33.0. The van der Waals surface area contributed by atoms with Crippen LogP contribution in [0.3, 0.4) is 0 Å². The van der Waals surface area contributed by atoms with Crippen molar-refractivity contribution in [3.63, 3.8) is 0 Å². The number of amides is 2. The van der Waals surface area contributed by atoms with Crippen LogP contribution in [0.2, 0.25) is 0 Å². The maximum absolute atomic E-state index is 13.0. The second-order valence-electron chi connectivity index (χ2n) is 8.94. The van der Waals surface area contributed by atoms with Gasteiger partial charge in [-0.05, 0) is 75.2 Å². The van der Waals surface area contributed by atoms with Crippen LogP contribution >= 0.6 is 0 Å². The van der Waals surface area contributed by atoms with E-state index in [9.17, 15) is 18.0 Å². The number of nitrogens with one attached hydrogen (secondary N) is 1. The van der Waals surface area contributed by atoms with E-state index in [1.165, 1.54) is 35.0 Å². The van der Waals surface area contributed by atoms with E-state index in [1.54, 1.807) is 6.26 Å². The molecule has 0 aliphatic carbocycles. The number of primary amides is 1. The molecule has 0 saturated carbocycles. The summed E-state index contributed by atoms with van der Waals surface area (Å²) in [6, 6.07) is 9.42. The molecule has 0 radical (unpaired) electrons. The number of furan rings is 1. The molecule has 3 N–H and O–H groups in total. The number of piperidine rings is 2. The minimum atomic E-state index is -3.69. The first kappa shape index (κ1) is 24.4. The first-order chi connectivity index (χ1) is 16.4. The average molecular weight is 489 g/mol. The van der Waals surface area contributed by atoms with Gasteiger partial charge in [-0.2, -0.15) is 4.31 Å². The fourth-order valence-electron chi connectivity index (χ4n) is 4.76. The highest BCUT2D eigenvalue weighted by molar-refractivity contribution is 7.89. The van der Waals surface area contributed by atoms with Gasteiger partial charge in [0, 0.05) is 31.1 Å². The first-order valence-electron chi connectivity index (χ1n) is 11.8. The van der Waals surface area contributed by atoms with Crippen LogP contribution in [0.5, 0.6) is 0 Å². The lowest BCUT2D eigenvalue weighted by molar-refractivity contribution is -0.126. The summed E-state index contributed by atoms with van der Waals surface area (Å²) in [6.07, 6.45) is 6.09. The van der Waals surface area contributed by atoms with Crippen molar-refractivity contribution in [1.29, 1.82) is 0 Å². The maximum atomic E-state index is 13.0. The Labute approximate surface area is 200 Å². The molecule has 34 heavy (non-hydrogen) atoms. The Kier molecular flexibility index (Phi) is 7.70. The molecule has 2 fully saturated rings. The van der Waals surface area contributed by atoms with Crippen LogP contribution in [0.4, 0.5) is 0 Å². The van der Waals surface area contributed by atoms with E-state index in [-0.39, 0.29) is 41.4 Å². The topological polar surface area (TPSA) is 126 Å². The molecule has 0 bridgehead atoms. The Morgan fingerprint density at radius 2 is 1.71 bits per heavy atom. The summed E-state index contributed by atoms with van der Waals surface area (Å²) in [5, 5.41) is 3.09. The second-order valence-corrected chi connectivity index (χ2v) is 10.9. The van der Waals surface area contributed by atoms with E-state index >= 15 is 0 Å². The van der Waals surface area contributed by atoms with Gasteiger partial charge in [0.15, 0.2) is 0 Å². The normalized spacial score (nSPS) is 19.5. The summed E-state index contributed by atoms with van der Waals surface area (Å²) in [7, 11) is -3.69. The summed E-state index contributed by atoms with van der Waals surface area (Å²) >= 11 is 0. The third-order valence-corrected chi connectivity index (χ3v) is 8.69. The fraction of sp³-hybridized carbons (Fsp3) is 0.500. The van der Waals surface area contributed by atoms with Crippen molar-refractivity contribution in [2.45, 2.75) is 43.0 Å². The van der Waals surface area contributed by atoms with Crippen LogP contribution in [0.15, 0.2) is 52.0 Å². The first-order valence-corrected chi connectivity index (χ1v) is 13.3. The van der Waals surface area contributed by atoms with Crippen molar-refractivity contribution >= 4 is 21.8 Å².